The lowest BCUT2D eigenvalue weighted by Gasteiger charge is -1.73. The molecule has 0 aromatic rings. The molecule has 2 saturated carbocycles. The minimum absolute atomic E-state index is 0.146. The van der Waals surface area contributed by atoms with Crippen LogP contribution in [0.5, 0.6) is 0 Å². The molecule has 0 spiro atoms. The fraction of sp³-hybridized carbons (Fsp3) is 0.714. The normalized spacial score (nSPS) is 26.4. The third-order valence-corrected chi connectivity index (χ3v) is 1.29. The fourth-order valence-corrected chi connectivity index (χ4v) is 0.367. The van der Waals surface area contributed by atoms with Crippen molar-refractivity contribution in [3.63, 3.8) is 0 Å². The Hall–Kier alpha value is -0.860. The van der Waals surface area contributed by atoms with Crippen molar-refractivity contribution in [1.82, 2.24) is 0 Å². The van der Waals surface area contributed by atoms with Crippen molar-refractivity contribution in [2.45, 2.75) is 25.7 Å². The molecule has 0 bridgehead atoms. The second-order valence-corrected chi connectivity index (χ2v) is 2.62. The number of hydrogen-bond donors (Lipinski definition) is 1. The van der Waals surface area contributed by atoms with E-state index in [1.54, 1.807) is 0 Å². The van der Waals surface area contributed by atoms with Crippen molar-refractivity contribution in [2.75, 3.05) is 0 Å². The van der Waals surface area contributed by atoms with E-state index in [2.05, 4.69) is 0 Å². The summed E-state index contributed by atoms with van der Waals surface area (Å²) < 4.78 is 0. The van der Waals surface area contributed by atoms with E-state index in [-0.39, 0.29) is 12.2 Å². The molecule has 10 heavy (non-hydrogen) atoms. The van der Waals surface area contributed by atoms with Crippen molar-refractivity contribution in [1.29, 1.82) is 0 Å². The number of rotatable bonds is 1. The van der Waals surface area contributed by atoms with Gasteiger partial charge in [-0.1, -0.05) is 19.3 Å². The Labute approximate surface area is 59.0 Å². The Morgan fingerprint density at radius 1 is 1.40 bits per heavy atom. The second kappa shape index (κ2) is 2.82. The summed E-state index contributed by atoms with van der Waals surface area (Å²) in [4.78, 5) is 19.7. The highest BCUT2D eigenvalue weighted by Crippen LogP contribution is 2.22. The first kappa shape index (κ1) is 7.25. The molecule has 2 aliphatic carbocycles. The molecule has 1 atom stereocenters. The van der Waals surface area contributed by atoms with Crippen LogP contribution in [-0.2, 0) is 9.59 Å². The molecule has 0 aliphatic heterocycles. The van der Waals surface area contributed by atoms with Crippen LogP contribution in [-0.4, -0.2) is 16.9 Å². The summed E-state index contributed by atoms with van der Waals surface area (Å²) in [5.74, 6) is -1.78. The predicted molar refractivity (Wildman–Crippen MR) is 34.6 cm³/mol. The number of carbonyl (C=O) groups is 2. The predicted octanol–water partition coefficient (Wildman–Crippen LogP) is 0.830. The molecule has 3 heteroatoms. The van der Waals surface area contributed by atoms with E-state index in [1.165, 1.54) is 19.3 Å². The Balaban J connectivity index is 0.000000138. The van der Waals surface area contributed by atoms with Gasteiger partial charge in [0, 0.05) is 6.42 Å². The molecule has 0 heterocycles. The van der Waals surface area contributed by atoms with Gasteiger partial charge in [0.15, 0.2) is 0 Å². The number of carbonyl (C=O) groups excluding carboxylic acids is 1. The first-order chi connectivity index (χ1) is 4.72. The van der Waals surface area contributed by atoms with E-state index in [9.17, 15) is 9.59 Å². The maximum absolute atomic E-state index is 9.95. The van der Waals surface area contributed by atoms with Gasteiger partial charge >= 0.3 is 5.97 Å². The van der Waals surface area contributed by atoms with Crippen molar-refractivity contribution < 1.29 is 14.7 Å². The second-order valence-electron chi connectivity index (χ2n) is 2.62. The molecule has 3 nitrogen and oxygen atoms in total. The van der Waals surface area contributed by atoms with Gasteiger partial charge in [-0.15, -0.1) is 0 Å². The first-order valence-electron chi connectivity index (χ1n) is 3.47. The van der Waals surface area contributed by atoms with Crippen molar-refractivity contribution >= 4 is 11.8 Å². The van der Waals surface area contributed by atoms with E-state index in [1.807, 2.05) is 0 Å². The van der Waals surface area contributed by atoms with E-state index in [0.717, 1.165) is 0 Å². The maximum Gasteiger partial charge on any atom is 0.314 e. The van der Waals surface area contributed by atoms with E-state index in [4.69, 9.17) is 5.11 Å². The summed E-state index contributed by atoms with van der Waals surface area (Å²) in [5.41, 5.74) is 0. The van der Waals surface area contributed by atoms with E-state index in [0.29, 0.717) is 0 Å². The molecule has 0 aromatic heterocycles. The van der Waals surface area contributed by atoms with E-state index >= 15 is 0 Å². The van der Waals surface area contributed by atoms with E-state index < -0.39 is 11.9 Å². The molecule has 2 fully saturated rings. The molecule has 56 valence electrons. The molecule has 2 aliphatic rings. The number of ketones is 1. The number of carboxylic acids is 1. The topological polar surface area (TPSA) is 54.4 Å². The van der Waals surface area contributed by atoms with Gasteiger partial charge in [0.25, 0.3) is 0 Å². The van der Waals surface area contributed by atoms with Gasteiger partial charge in [0.2, 0.25) is 0 Å². The lowest BCUT2D eigenvalue weighted by atomic mass is 10.4. The molecule has 0 aromatic carbocycles. The Bertz CT molecular complexity index is 157. The number of Topliss-reactive ketones (excluding diaryl/α,β-unsaturated/α-hetero) is 1. The third kappa shape index (κ3) is 2.62. The van der Waals surface area contributed by atoms with Crippen LogP contribution < -0.4 is 0 Å². The fourth-order valence-electron chi connectivity index (χ4n) is 0.367. The molecule has 0 radical (unpaired) electrons. The van der Waals surface area contributed by atoms with Crippen LogP contribution in [0.15, 0.2) is 0 Å². The average molecular weight is 142 g/mol. The van der Waals surface area contributed by atoms with Crippen LogP contribution in [0.2, 0.25) is 0 Å². The molecular formula is C7H10O3. The maximum atomic E-state index is 9.95. The molecule has 1 N–H and O–H groups in total. The SMILES string of the molecule is C1CC1.O=C(O)C1CC1=O. The summed E-state index contributed by atoms with van der Waals surface area (Å²) >= 11 is 0. The highest BCUT2D eigenvalue weighted by atomic mass is 16.4. The van der Waals surface area contributed by atoms with Crippen LogP contribution in [0.1, 0.15) is 25.7 Å². The monoisotopic (exact) mass is 142 g/mol. The van der Waals surface area contributed by atoms with Crippen LogP contribution in [0.3, 0.4) is 0 Å². The minimum atomic E-state index is -0.981. The molecular weight excluding hydrogens is 132 g/mol. The van der Waals surface area contributed by atoms with Gasteiger partial charge in [-0.05, 0) is 0 Å². The Kier molecular flexibility index (Phi) is 2.04. The summed E-state index contributed by atoms with van der Waals surface area (Å²) in [6.07, 6.45) is 4.75. The lowest BCUT2D eigenvalue weighted by Crippen LogP contribution is -1.97. The van der Waals surface area contributed by atoms with Crippen molar-refractivity contribution in [3.05, 3.63) is 0 Å². The van der Waals surface area contributed by atoms with Crippen LogP contribution in [0, 0.1) is 5.92 Å². The molecule has 0 amide bonds. The minimum Gasteiger partial charge on any atom is -0.481 e. The number of hydrogen-bond acceptors (Lipinski definition) is 2. The van der Waals surface area contributed by atoms with Gasteiger partial charge in [-0.3, -0.25) is 9.59 Å². The smallest absolute Gasteiger partial charge is 0.314 e. The molecule has 0 saturated heterocycles. The summed E-state index contributed by atoms with van der Waals surface area (Å²) in [6.45, 7) is 0. The van der Waals surface area contributed by atoms with Crippen molar-refractivity contribution in [3.8, 4) is 0 Å². The van der Waals surface area contributed by atoms with Gasteiger partial charge < -0.3 is 5.11 Å². The lowest BCUT2D eigenvalue weighted by molar-refractivity contribution is -0.139. The Morgan fingerprint density at radius 3 is 1.80 bits per heavy atom. The van der Waals surface area contributed by atoms with Gasteiger partial charge in [-0.2, -0.15) is 0 Å². The van der Waals surface area contributed by atoms with Gasteiger partial charge in [0.05, 0.1) is 0 Å². The Morgan fingerprint density at radius 2 is 1.80 bits per heavy atom. The highest BCUT2D eigenvalue weighted by Gasteiger charge is 2.41. The third-order valence-electron chi connectivity index (χ3n) is 1.29. The quantitative estimate of drug-likeness (QED) is 0.552. The summed E-state index contributed by atoms with van der Waals surface area (Å²) in [6, 6.07) is 0. The van der Waals surface area contributed by atoms with Crippen LogP contribution >= 0.6 is 0 Å². The van der Waals surface area contributed by atoms with Gasteiger partial charge in [0.1, 0.15) is 11.7 Å². The highest BCUT2D eigenvalue weighted by molar-refractivity contribution is 6.11. The summed E-state index contributed by atoms with van der Waals surface area (Å²) in [5, 5.41) is 8.00. The van der Waals surface area contributed by atoms with Gasteiger partial charge in [-0.25, -0.2) is 0 Å². The zero-order valence-electron chi connectivity index (χ0n) is 5.67. The molecule has 2 rings (SSSR count). The van der Waals surface area contributed by atoms with Crippen LogP contribution in [0.4, 0.5) is 0 Å². The molecule has 1 unspecified atom stereocenters. The number of aliphatic carboxylic acids is 1. The van der Waals surface area contributed by atoms with Crippen LogP contribution in [0.25, 0.3) is 0 Å². The number of carboxylic acid groups (broad SMARTS) is 1. The van der Waals surface area contributed by atoms with Crippen molar-refractivity contribution in [2.24, 2.45) is 5.92 Å². The summed E-state index contributed by atoms with van der Waals surface area (Å²) in [7, 11) is 0. The largest absolute Gasteiger partial charge is 0.481 e. The average Bonchev–Trinajstić information content (AvgIpc) is 2.59. The zero-order valence-corrected chi connectivity index (χ0v) is 5.67. The standard InChI is InChI=1S/C4H4O3.C3H6/c5-3-1-2(3)4(6)7;1-2-3-1/h2H,1H2,(H,6,7);1-3H2. The first-order valence-corrected chi connectivity index (χ1v) is 3.47. The zero-order chi connectivity index (χ0) is 7.56.